The Morgan fingerprint density at radius 2 is 1.96 bits per heavy atom. The molecule has 1 N–H and O–H groups in total. The van der Waals surface area contributed by atoms with Gasteiger partial charge < -0.3 is 4.90 Å². The van der Waals surface area contributed by atoms with Gasteiger partial charge in [-0.1, -0.05) is 36.6 Å². The molecule has 6 nitrogen and oxygen atoms in total. The number of halogens is 1. The lowest BCUT2D eigenvalue weighted by atomic mass is 10.0. The number of aromatic amines is 1. The first-order valence-electron chi connectivity index (χ1n) is 8.95. The number of fused-ring (bicyclic) bond motifs is 1. The third kappa shape index (κ3) is 3.09. The van der Waals surface area contributed by atoms with Gasteiger partial charge in [0.25, 0.3) is 5.56 Å². The average Bonchev–Trinajstić information content (AvgIpc) is 3.25. The summed E-state index contributed by atoms with van der Waals surface area (Å²) in [5, 5.41) is 5.34. The Balaban J connectivity index is 1.72. The molecule has 3 aromatic rings. The fourth-order valence-electron chi connectivity index (χ4n) is 3.79. The van der Waals surface area contributed by atoms with Gasteiger partial charge in [-0.15, -0.1) is 0 Å². The standard InChI is InChI=1S/C19H22ClN5O/c1-24(11-12-7-9-14(20)10-8-12)19-21-16-15(13-5-3-4-6-13)23-25(2)17(16)18(26)22-19/h7-10,13H,3-6,11H2,1-2H3,(H,21,22,26). The van der Waals surface area contributed by atoms with Crippen molar-refractivity contribution in [3.8, 4) is 0 Å². The highest BCUT2D eigenvalue weighted by molar-refractivity contribution is 6.30. The van der Waals surface area contributed by atoms with E-state index in [1.54, 1.807) is 4.68 Å². The summed E-state index contributed by atoms with van der Waals surface area (Å²) in [5.41, 5.74) is 3.21. The molecular formula is C19H22ClN5O. The first-order chi connectivity index (χ1) is 12.5. The van der Waals surface area contributed by atoms with Crippen LogP contribution in [0.5, 0.6) is 0 Å². The van der Waals surface area contributed by atoms with Crippen molar-refractivity contribution in [1.82, 2.24) is 19.7 Å². The van der Waals surface area contributed by atoms with E-state index < -0.39 is 0 Å². The first kappa shape index (κ1) is 17.1. The maximum Gasteiger partial charge on any atom is 0.278 e. The minimum atomic E-state index is -0.146. The number of aromatic nitrogens is 4. The average molecular weight is 372 g/mol. The molecule has 4 rings (SSSR count). The lowest BCUT2D eigenvalue weighted by Gasteiger charge is -2.18. The third-order valence-corrected chi connectivity index (χ3v) is 5.39. The molecule has 2 heterocycles. The van der Waals surface area contributed by atoms with Crippen LogP contribution in [0.25, 0.3) is 11.0 Å². The van der Waals surface area contributed by atoms with E-state index in [1.165, 1.54) is 12.8 Å². The van der Waals surface area contributed by atoms with Crippen LogP contribution in [0.2, 0.25) is 5.02 Å². The van der Waals surface area contributed by atoms with Gasteiger partial charge in [0.1, 0.15) is 5.52 Å². The Bertz CT molecular complexity index is 986. The van der Waals surface area contributed by atoms with E-state index in [1.807, 2.05) is 43.3 Å². The molecule has 0 aliphatic heterocycles. The number of anilines is 1. The highest BCUT2D eigenvalue weighted by Gasteiger charge is 2.25. The zero-order valence-electron chi connectivity index (χ0n) is 15.0. The summed E-state index contributed by atoms with van der Waals surface area (Å²) in [6.45, 7) is 0.630. The normalized spacial score (nSPS) is 15.0. The summed E-state index contributed by atoms with van der Waals surface area (Å²) in [5.74, 6) is 0.965. The summed E-state index contributed by atoms with van der Waals surface area (Å²) in [4.78, 5) is 22.3. The Morgan fingerprint density at radius 1 is 1.27 bits per heavy atom. The molecule has 1 aromatic carbocycles. The molecule has 0 saturated heterocycles. The van der Waals surface area contributed by atoms with Gasteiger partial charge in [-0.3, -0.25) is 14.5 Å². The van der Waals surface area contributed by atoms with Crippen LogP contribution in [0.1, 0.15) is 42.9 Å². The molecule has 1 saturated carbocycles. The van der Waals surface area contributed by atoms with E-state index in [4.69, 9.17) is 16.6 Å². The monoisotopic (exact) mass is 371 g/mol. The molecule has 1 fully saturated rings. The number of aryl methyl sites for hydroxylation is 1. The lowest BCUT2D eigenvalue weighted by Crippen LogP contribution is -2.23. The molecule has 2 aromatic heterocycles. The second-order valence-electron chi connectivity index (χ2n) is 7.06. The molecule has 7 heteroatoms. The number of hydrogen-bond acceptors (Lipinski definition) is 4. The maximum absolute atomic E-state index is 12.6. The molecule has 0 spiro atoms. The van der Waals surface area contributed by atoms with Crippen LogP contribution in [0.4, 0.5) is 5.95 Å². The highest BCUT2D eigenvalue weighted by atomic mass is 35.5. The van der Waals surface area contributed by atoms with Gasteiger partial charge in [0.05, 0.1) is 5.69 Å². The molecule has 0 atom stereocenters. The third-order valence-electron chi connectivity index (χ3n) is 5.14. The Hall–Kier alpha value is -2.34. The number of benzene rings is 1. The Morgan fingerprint density at radius 3 is 2.65 bits per heavy atom. The van der Waals surface area contributed by atoms with E-state index in [2.05, 4.69) is 10.1 Å². The maximum atomic E-state index is 12.6. The van der Waals surface area contributed by atoms with E-state index in [0.717, 1.165) is 29.6 Å². The number of hydrogen-bond donors (Lipinski definition) is 1. The lowest BCUT2D eigenvalue weighted by molar-refractivity contribution is 0.664. The topological polar surface area (TPSA) is 66.8 Å². The zero-order valence-corrected chi connectivity index (χ0v) is 15.8. The molecule has 0 bridgehead atoms. The van der Waals surface area contributed by atoms with Crippen LogP contribution in [0.3, 0.4) is 0 Å². The SMILES string of the molecule is CN(Cc1ccc(Cl)cc1)c1nc2c(C3CCCC3)nn(C)c2c(=O)[nH]1. The summed E-state index contributed by atoms with van der Waals surface area (Å²) in [7, 11) is 3.74. The van der Waals surface area contributed by atoms with Gasteiger partial charge in [-0.25, -0.2) is 4.98 Å². The van der Waals surface area contributed by atoms with Crippen LogP contribution in [-0.4, -0.2) is 26.8 Å². The quantitative estimate of drug-likeness (QED) is 0.760. The first-order valence-corrected chi connectivity index (χ1v) is 9.33. The van der Waals surface area contributed by atoms with E-state index in [9.17, 15) is 4.79 Å². The summed E-state index contributed by atoms with van der Waals surface area (Å²) < 4.78 is 1.66. The van der Waals surface area contributed by atoms with Crippen LogP contribution in [0.15, 0.2) is 29.1 Å². The number of H-pyrrole nitrogens is 1. The fourth-order valence-corrected chi connectivity index (χ4v) is 3.91. The van der Waals surface area contributed by atoms with Crippen molar-refractivity contribution in [3.63, 3.8) is 0 Å². The van der Waals surface area contributed by atoms with Crippen molar-refractivity contribution >= 4 is 28.6 Å². The minimum absolute atomic E-state index is 0.146. The largest absolute Gasteiger partial charge is 0.341 e. The second-order valence-corrected chi connectivity index (χ2v) is 7.50. The van der Waals surface area contributed by atoms with Crippen molar-refractivity contribution < 1.29 is 0 Å². The van der Waals surface area contributed by atoms with Gasteiger partial charge in [0, 0.05) is 31.6 Å². The molecule has 26 heavy (non-hydrogen) atoms. The van der Waals surface area contributed by atoms with Crippen LogP contribution < -0.4 is 10.5 Å². The van der Waals surface area contributed by atoms with Crippen molar-refractivity contribution in [3.05, 3.63) is 50.9 Å². The number of nitrogens with one attached hydrogen (secondary N) is 1. The molecule has 0 amide bonds. The van der Waals surface area contributed by atoms with Crippen molar-refractivity contribution in [1.29, 1.82) is 0 Å². The molecular weight excluding hydrogens is 350 g/mol. The smallest absolute Gasteiger partial charge is 0.278 e. The van der Waals surface area contributed by atoms with E-state index >= 15 is 0 Å². The Kier molecular flexibility index (Phi) is 4.44. The van der Waals surface area contributed by atoms with Gasteiger partial charge in [0.15, 0.2) is 5.52 Å². The molecule has 1 aliphatic rings. The van der Waals surface area contributed by atoms with Crippen LogP contribution >= 0.6 is 11.6 Å². The van der Waals surface area contributed by atoms with Gasteiger partial charge in [-0.05, 0) is 30.5 Å². The number of rotatable bonds is 4. The van der Waals surface area contributed by atoms with E-state index in [0.29, 0.717) is 29.0 Å². The predicted molar refractivity (Wildman–Crippen MR) is 104 cm³/mol. The van der Waals surface area contributed by atoms with Gasteiger partial charge >= 0.3 is 0 Å². The summed E-state index contributed by atoms with van der Waals surface area (Å²) >= 11 is 5.95. The highest BCUT2D eigenvalue weighted by Crippen LogP contribution is 2.35. The van der Waals surface area contributed by atoms with Gasteiger partial charge in [0.2, 0.25) is 5.95 Å². The summed E-state index contributed by atoms with van der Waals surface area (Å²) in [6.07, 6.45) is 4.68. The van der Waals surface area contributed by atoms with Crippen molar-refractivity contribution in [2.75, 3.05) is 11.9 Å². The van der Waals surface area contributed by atoms with Crippen molar-refractivity contribution in [2.24, 2.45) is 7.05 Å². The van der Waals surface area contributed by atoms with E-state index in [-0.39, 0.29) is 5.56 Å². The van der Waals surface area contributed by atoms with Crippen LogP contribution in [0, 0.1) is 0 Å². The zero-order chi connectivity index (χ0) is 18.3. The minimum Gasteiger partial charge on any atom is -0.341 e. The Labute approximate surface area is 156 Å². The molecule has 136 valence electrons. The summed E-state index contributed by atoms with van der Waals surface area (Å²) in [6, 6.07) is 7.68. The van der Waals surface area contributed by atoms with Crippen molar-refractivity contribution in [2.45, 2.75) is 38.1 Å². The second kappa shape index (κ2) is 6.76. The predicted octanol–water partition coefficient (Wildman–Crippen LogP) is 3.60. The number of nitrogens with zero attached hydrogens (tertiary/aromatic N) is 4. The van der Waals surface area contributed by atoms with Crippen LogP contribution in [-0.2, 0) is 13.6 Å². The fraction of sp³-hybridized carbons (Fsp3) is 0.421. The molecule has 0 unspecified atom stereocenters. The molecule has 1 aliphatic carbocycles. The molecule has 0 radical (unpaired) electrons. The van der Waals surface area contributed by atoms with Gasteiger partial charge in [-0.2, -0.15) is 5.10 Å².